The van der Waals surface area contributed by atoms with E-state index in [0.29, 0.717) is 13.2 Å². The Kier molecular flexibility index (Phi) is 2.10. The van der Waals surface area contributed by atoms with Gasteiger partial charge in [-0.2, -0.15) is 0 Å². The first kappa shape index (κ1) is 8.73. The van der Waals surface area contributed by atoms with E-state index in [-0.39, 0.29) is 5.41 Å². The predicted molar refractivity (Wildman–Crippen MR) is 50.3 cm³/mol. The monoisotopic (exact) mass is 178 g/mol. The first-order valence-corrected chi connectivity index (χ1v) is 4.53. The van der Waals surface area contributed by atoms with Crippen LogP contribution in [0.2, 0.25) is 0 Å². The fourth-order valence-electron chi connectivity index (χ4n) is 1.62. The summed E-state index contributed by atoms with van der Waals surface area (Å²) in [5.41, 5.74) is 0.898. The van der Waals surface area contributed by atoms with Crippen LogP contribution in [0, 0.1) is 5.41 Å². The van der Waals surface area contributed by atoms with Crippen LogP contribution in [0.5, 0.6) is 0 Å². The van der Waals surface area contributed by atoms with Gasteiger partial charge in [0.2, 0.25) is 0 Å². The minimum absolute atomic E-state index is 0.0820. The highest BCUT2D eigenvalue weighted by atomic mass is 16.5. The summed E-state index contributed by atoms with van der Waals surface area (Å²) in [5, 5.41) is 10.0. The fraction of sp³-hybridized carbons (Fsp3) is 0.455. The second kappa shape index (κ2) is 3.13. The molecule has 1 heterocycles. The average molecular weight is 178 g/mol. The van der Waals surface area contributed by atoms with Crippen LogP contribution in [0.15, 0.2) is 30.3 Å². The summed E-state index contributed by atoms with van der Waals surface area (Å²) in [7, 11) is 0. The van der Waals surface area contributed by atoms with Gasteiger partial charge in [-0.3, -0.25) is 0 Å². The van der Waals surface area contributed by atoms with Crippen molar-refractivity contribution in [2.24, 2.45) is 5.41 Å². The van der Waals surface area contributed by atoms with Crippen molar-refractivity contribution in [3.05, 3.63) is 35.9 Å². The maximum Gasteiger partial charge on any atom is 0.0887 e. The highest BCUT2D eigenvalue weighted by Gasteiger charge is 2.41. The first-order chi connectivity index (χ1) is 6.22. The Labute approximate surface area is 78.2 Å². The van der Waals surface area contributed by atoms with Crippen LogP contribution in [-0.2, 0) is 4.74 Å². The fourth-order valence-corrected chi connectivity index (χ4v) is 1.62. The molecule has 0 aromatic heterocycles. The van der Waals surface area contributed by atoms with Crippen LogP contribution in [0.25, 0.3) is 0 Å². The van der Waals surface area contributed by atoms with Crippen LogP contribution in [0.1, 0.15) is 18.6 Å². The molecule has 0 bridgehead atoms. The third-order valence-electron chi connectivity index (χ3n) is 2.64. The number of aliphatic hydroxyl groups is 1. The number of ether oxygens (including phenoxy) is 1. The van der Waals surface area contributed by atoms with E-state index in [1.807, 2.05) is 37.3 Å². The Morgan fingerprint density at radius 1 is 1.31 bits per heavy atom. The van der Waals surface area contributed by atoms with Crippen LogP contribution in [-0.4, -0.2) is 18.3 Å². The van der Waals surface area contributed by atoms with Crippen molar-refractivity contribution < 1.29 is 9.84 Å². The van der Waals surface area contributed by atoms with Crippen molar-refractivity contribution in [3.63, 3.8) is 0 Å². The number of hydrogen-bond acceptors (Lipinski definition) is 2. The summed E-state index contributed by atoms with van der Waals surface area (Å²) in [5.74, 6) is 0. The molecule has 2 heteroatoms. The van der Waals surface area contributed by atoms with Crippen LogP contribution in [0.4, 0.5) is 0 Å². The maximum atomic E-state index is 10.0. The van der Waals surface area contributed by atoms with Crippen molar-refractivity contribution in [2.75, 3.05) is 13.2 Å². The molecule has 0 aliphatic carbocycles. The smallest absolute Gasteiger partial charge is 0.0887 e. The van der Waals surface area contributed by atoms with Gasteiger partial charge in [0.05, 0.1) is 19.3 Å². The highest BCUT2D eigenvalue weighted by Crippen LogP contribution is 2.39. The predicted octanol–water partition coefficient (Wildman–Crippen LogP) is 1.76. The molecule has 0 radical (unpaired) electrons. The summed E-state index contributed by atoms with van der Waals surface area (Å²) in [6.45, 7) is 3.36. The summed E-state index contributed by atoms with van der Waals surface area (Å²) in [6, 6.07) is 9.75. The zero-order chi connectivity index (χ0) is 9.31. The lowest BCUT2D eigenvalue weighted by Crippen LogP contribution is -2.44. The van der Waals surface area contributed by atoms with E-state index < -0.39 is 6.10 Å². The summed E-state index contributed by atoms with van der Waals surface area (Å²) in [4.78, 5) is 0. The van der Waals surface area contributed by atoms with Crippen LogP contribution in [0.3, 0.4) is 0 Å². The lowest BCUT2D eigenvalue weighted by molar-refractivity contribution is -0.163. The molecule has 1 aromatic rings. The second-order valence-corrected chi connectivity index (χ2v) is 3.96. The second-order valence-electron chi connectivity index (χ2n) is 3.96. The van der Waals surface area contributed by atoms with Gasteiger partial charge in [0.25, 0.3) is 0 Å². The Bertz CT molecular complexity index is 277. The van der Waals surface area contributed by atoms with Gasteiger partial charge in [-0.1, -0.05) is 37.3 Å². The lowest BCUT2D eigenvalue weighted by Gasteiger charge is -2.42. The van der Waals surface area contributed by atoms with Crippen molar-refractivity contribution in [1.82, 2.24) is 0 Å². The van der Waals surface area contributed by atoms with Gasteiger partial charge < -0.3 is 9.84 Å². The molecule has 1 aliphatic heterocycles. The Morgan fingerprint density at radius 2 is 1.92 bits per heavy atom. The SMILES string of the molecule is CC1([C@H](O)c2ccccc2)COC1. The molecule has 1 atom stereocenters. The Morgan fingerprint density at radius 3 is 2.38 bits per heavy atom. The number of hydrogen-bond donors (Lipinski definition) is 1. The summed E-state index contributed by atoms with van der Waals surface area (Å²) < 4.78 is 5.12. The summed E-state index contributed by atoms with van der Waals surface area (Å²) in [6.07, 6.45) is -0.401. The van der Waals surface area contributed by atoms with E-state index in [9.17, 15) is 5.11 Å². The van der Waals surface area contributed by atoms with E-state index in [4.69, 9.17) is 4.74 Å². The third kappa shape index (κ3) is 1.47. The van der Waals surface area contributed by atoms with Gasteiger partial charge >= 0.3 is 0 Å². The molecule has 1 fully saturated rings. The van der Waals surface area contributed by atoms with E-state index in [1.54, 1.807) is 0 Å². The largest absolute Gasteiger partial charge is 0.388 e. The molecule has 0 unspecified atom stereocenters. The molecule has 2 rings (SSSR count). The zero-order valence-electron chi connectivity index (χ0n) is 7.73. The van der Waals surface area contributed by atoms with E-state index >= 15 is 0 Å². The Balaban J connectivity index is 2.17. The molecule has 0 saturated carbocycles. The lowest BCUT2D eigenvalue weighted by atomic mass is 9.79. The molecule has 0 spiro atoms. The van der Waals surface area contributed by atoms with Crippen molar-refractivity contribution in [3.8, 4) is 0 Å². The van der Waals surface area contributed by atoms with E-state index in [2.05, 4.69) is 0 Å². The van der Waals surface area contributed by atoms with Gasteiger partial charge in [-0.25, -0.2) is 0 Å². The quantitative estimate of drug-likeness (QED) is 0.747. The normalized spacial score (nSPS) is 22.0. The van der Waals surface area contributed by atoms with E-state index in [0.717, 1.165) is 5.56 Å². The molecule has 1 saturated heterocycles. The van der Waals surface area contributed by atoms with Gasteiger partial charge in [0.15, 0.2) is 0 Å². The molecule has 2 nitrogen and oxygen atoms in total. The minimum Gasteiger partial charge on any atom is -0.388 e. The maximum absolute atomic E-state index is 10.0. The highest BCUT2D eigenvalue weighted by molar-refractivity contribution is 5.20. The van der Waals surface area contributed by atoms with Crippen molar-refractivity contribution in [1.29, 1.82) is 0 Å². The topological polar surface area (TPSA) is 29.5 Å². The molecule has 1 aliphatic rings. The van der Waals surface area contributed by atoms with Crippen LogP contribution >= 0.6 is 0 Å². The van der Waals surface area contributed by atoms with Gasteiger partial charge in [0.1, 0.15) is 0 Å². The number of benzene rings is 1. The number of rotatable bonds is 2. The number of aliphatic hydroxyl groups excluding tert-OH is 1. The summed E-state index contributed by atoms with van der Waals surface area (Å²) >= 11 is 0. The molecule has 1 N–H and O–H groups in total. The molecule has 1 aromatic carbocycles. The molecular formula is C11H14O2. The average Bonchev–Trinajstić information content (AvgIpc) is 2.14. The van der Waals surface area contributed by atoms with Crippen molar-refractivity contribution in [2.45, 2.75) is 13.0 Å². The first-order valence-electron chi connectivity index (χ1n) is 4.53. The van der Waals surface area contributed by atoms with Gasteiger partial charge in [-0.15, -0.1) is 0 Å². The van der Waals surface area contributed by atoms with E-state index in [1.165, 1.54) is 0 Å². The standard InChI is InChI=1S/C11H14O2/c1-11(7-13-8-11)10(12)9-5-3-2-4-6-9/h2-6,10,12H,7-8H2,1H3/t10-/m1/s1. The van der Waals surface area contributed by atoms with Crippen LogP contribution < -0.4 is 0 Å². The Hall–Kier alpha value is -0.860. The van der Waals surface area contributed by atoms with Crippen molar-refractivity contribution >= 4 is 0 Å². The molecule has 70 valence electrons. The third-order valence-corrected chi connectivity index (χ3v) is 2.64. The van der Waals surface area contributed by atoms with Gasteiger partial charge in [0, 0.05) is 5.41 Å². The molecule has 0 amide bonds. The van der Waals surface area contributed by atoms with Gasteiger partial charge in [-0.05, 0) is 5.56 Å². The molecule has 13 heavy (non-hydrogen) atoms. The zero-order valence-corrected chi connectivity index (χ0v) is 7.73. The molecular weight excluding hydrogens is 164 g/mol. The minimum atomic E-state index is -0.401.